The average molecular weight is 384 g/mol. The number of nitrogens with zero attached hydrogens (tertiary/aromatic N) is 5. The van der Waals surface area contributed by atoms with Crippen LogP contribution >= 0.6 is 0 Å². The van der Waals surface area contributed by atoms with Gasteiger partial charge in [0.15, 0.2) is 5.82 Å². The van der Waals surface area contributed by atoms with Crippen LogP contribution in [0.25, 0.3) is 0 Å². The van der Waals surface area contributed by atoms with Crippen molar-refractivity contribution in [2.24, 2.45) is 0 Å². The minimum absolute atomic E-state index is 0.0870. The van der Waals surface area contributed by atoms with Gasteiger partial charge in [-0.2, -0.15) is 0 Å². The fraction of sp³-hybridized carbons (Fsp3) is 0.500. The molecule has 3 rings (SSSR count). The fourth-order valence-electron chi connectivity index (χ4n) is 3.29. The standard InChI is InChI=1S/C20H28N6O2/c1-3-10-26-15-22-23-18(26)14-24(2)20(28)21-13-16-6-8-17(9-7-16)19(27)25-11-4-5-12-25/h6-9,15H,3-5,10-14H2,1-2H3,(H,21,28). The Labute approximate surface area is 165 Å². The first kappa shape index (κ1) is 19.9. The third-order valence-corrected chi connectivity index (χ3v) is 4.92. The second-order valence-corrected chi connectivity index (χ2v) is 7.15. The molecule has 28 heavy (non-hydrogen) atoms. The van der Waals surface area contributed by atoms with Crippen LogP contribution in [-0.4, -0.2) is 56.6 Å². The Morgan fingerprint density at radius 1 is 1.18 bits per heavy atom. The van der Waals surface area contributed by atoms with Gasteiger partial charge >= 0.3 is 6.03 Å². The molecule has 1 aromatic carbocycles. The summed E-state index contributed by atoms with van der Waals surface area (Å²) in [6.07, 6.45) is 4.84. The van der Waals surface area contributed by atoms with Crippen LogP contribution in [0.3, 0.4) is 0 Å². The van der Waals surface area contributed by atoms with Crippen molar-refractivity contribution in [2.45, 2.75) is 45.8 Å². The number of carbonyl (C=O) groups is 2. The van der Waals surface area contributed by atoms with Gasteiger partial charge in [0.05, 0.1) is 6.54 Å². The predicted molar refractivity (Wildman–Crippen MR) is 106 cm³/mol. The number of rotatable bonds is 7. The van der Waals surface area contributed by atoms with Crippen molar-refractivity contribution in [1.82, 2.24) is 29.9 Å². The molecule has 0 saturated carbocycles. The van der Waals surface area contributed by atoms with Gasteiger partial charge in [0, 0.05) is 38.8 Å². The molecule has 1 aliphatic heterocycles. The number of nitrogens with one attached hydrogen (secondary N) is 1. The minimum atomic E-state index is -0.178. The van der Waals surface area contributed by atoms with Gasteiger partial charge in [0.2, 0.25) is 0 Å². The number of amides is 3. The van der Waals surface area contributed by atoms with E-state index < -0.39 is 0 Å². The Morgan fingerprint density at radius 2 is 1.89 bits per heavy atom. The Balaban J connectivity index is 1.49. The summed E-state index contributed by atoms with van der Waals surface area (Å²) >= 11 is 0. The van der Waals surface area contributed by atoms with Crippen LogP contribution in [0.2, 0.25) is 0 Å². The van der Waals surface area contributed by atoms with Gasteiger partial charge in [-0.15, -0.1) is 10.2 Å². The summed E-state index contributed by atoms with van der Waals surface area (Å²) in [5.41, 5.74) is 1.65. The monoisotopic (exact) mass is 384 g/mol. The van der Waals surface area contributed by atoms with E-state index in [0.29, 0.717) is 18.7 Å². The zero-order chi connectivity index (χ0) is 19.9. The number of aryl methyl sites for hydroxylation is 1. The molecule has 0 spiro atoms. The average Bonchev–Trinajstić information content (AvgIpc) is 3.39. The number of hydrogen-bond donors (Lipinski definition) is 1. The van der Waals surface area contributed by atoms with E-state index in [4.69, 9.17) is 0 Å². The van der Waals surface area contributed by atoms with Crippen LogP contribution in [0, 0.1) is 0 Å². The van der Waals surface area contributed by atoms with E-state index in [1.807, 2.05) is 33.7 Å². The molecule has 150 valence electrons. The number of urea groups is 1. The van der Waals surface area contributed by atoms with Gasteiger partial charge in [-0.3, -0.25) is 4.79 Å². The van der Waals surface area contributed by atoms with Crippen LogP contribution in [0.15, 0.2) is 30.6 Å². The lowest BCUT2D eigenvalue weighted by Crippen LogP contribution is -2.37. The van der Waals surface area contributed by atoms with Crippen molar-refractivity contribution < 1.29 is 9.59 Å². The van der Waals surface area contributed by atoms with Crippen LogP contribution < -0.4 is 5.32 Å². The van der Waals surface area contributed by atoms with Crippen molar-refractivity contribution in [1.29, 1.82) is 0 Å². The first-order chi connectivity index (χ1) is 13.6. The van der Waals surface area contributed by atoms with E-state index in [1.165, 1.54) is 0 Å². The van der Waals surface area contributed by atoms with E-state index in [1.54, 1.807) is 18.3 Å². The maximum Gasteiger partial charge on any atom is 0.317 e. The van der Waals surface area contributed by atoms with Crippen molar-refractivity contribution in [3.63, 3.8) is 0 Å². The Bertz CT molecular complexity index is 795. The first-order valence-electron chi connectivity index (χ1n) is 9.82. The van der Waals surface area contributed by atoms with E-state index in [-0.39, 0.29) is 11.9 Å². The summed E-state index contributed by atoms with van der Waals surface area (Å²) in [4.78, 5) is 28.2. The summed E-state index contributed by atoms with van der Waals surface area (Å²) < 4.78 is 1.96. The smallest absolute Gasteiger partial charge is 0.317 e. The molecule has 3 amide bonds. The zero-order valence-electron chi connectivity index (χ0n) is 16.6. The van der Waals surface area contributed by atoms with E-state index in [9.17, 15) is 9.59 Å². The lowest BCUT2D eigenvalue weighted by molar-refractivity contribution is 0.0793. The third-order valence-electron chi connectivity index (χ3n) is 4.92. The van der Waals surface area contributed by atoms with Gasteiger partial charge < -0.3 is 19.7 Å². The van der Waals surface area contributed by atoms with E-state index in [0.717, 1.165) is 50.3 Å². The molecule has 0 bridgehead atoms. The molecule has 8 nitrogen and oxygen atoms in total. The first-order valence-corrected chi connectivity index (χ1v) is 9.82. The van der Waals surface area contributed by atoms with Crippen molar-refractivity contribution in [2.75, 3.05) is 20.1 Å². The maximum absolute atomic E-state index is 12.4. The van der Waals surface area contributed by atoms with Crippen molar-refractivity contribution >= 4 is 11.9 Å². The Kier molecular flexibility index (Phi) is 6.62. The highest BCUT2D eigenvalue weighted by Crippen LogP contribution is 2.13. The highest BCUT2D eigenvalue weighted by Gasteiger charge is 2.19. The molecular weight excluding hydrogens is 356 g/mol. The molecule has 2 aromatic rings. The lowest BCUT2D eigenvalue weighted by atomic mass is 10.1. The molecule has 1 aliphatic rings. The summed E-state index contributed by atoms with van der Waals surface area (Å²) in [7, 11) is 1.73. The highest BCUT2D eigenvalue weighted by atomic mass is 16.2. The topological polar surface area (TPSA) is 83.4 Å². The number of benzene rings is 1. The molecule has 0 radical (unpaired) electrons. The molecule has 8 heteroatoms. The number of carbonyl (C=O) groups excluding carboxylic acids is 2. The van der Waals surface area contributed by atoms with Crippen LogP contribution in [0.5, 0.6) is 0 Å². The predicted octanol–water partition coefficient (Wildman–Crippen LogP) is 2.27. The largest absolute Gasteiger partial charge is 0.339 e. The second-order valence-electron chi connectivity index (χ2n) is 7.15. The fourth-order valence-corrected chi connectivity index (χ4v) is 3.29. The SMILES string of the molecule is CCCn1cnnc1CN(C)C(=O)NCc1ccc(C(=O)N2CCCC2)cc1. The van der Waals surface area contributed by atoms with E-state index in [2.05, 4.69) is 22.4 Å². The van der Waals surface area contributed by atoms with Crippen LogP contribution in [0.4, 0.5) is 4.79 Å². The molecule has 0 unspecified atom stereocenters. The highest BCUT2D eigenvalue weighted by molar-refractivity contribution is 5.94. The normalized spacial score (nSPS) is 13.6. The molecule has 0 atom stereocenters. The zero-order valence-corrected chi connectivity index (χ0v) is 16.6. The van der Waals surface area contributed by atoms with Gasteiger partial charge in [-0.05, 0) is 37.0 Å². The Hall–Kier alpha value is -2.90. The Morgan fingerprint density at radius 3 is 2.57 bits per heavy atom. The van der Waals surface area contributed by atoms with Gasteiger partial charge in [-0.25, -0.2) is 4.79 Å². The van der Waals surface area contributed by atoms with Crippen molar-refractivity contribution in [3.05, 3.63) is 47.5 Å². The van der Waals surface area contributed by atoms with E-state index >= 15 is 0 Å². The van der Waals surface area contributed by atoms with Gasteiger partial charge in [-0.1, -0.05) is 19.1 Å². The molecule has 1 aromatic heterocycles. The molecule has 1 fully saturated rings. The number of likely N-dealkylation sites (tertiary alicyclic amines) is 1. The number of hydrogen-bond acceptors (Lipinski definition) is 4. The molecular formula is C20H28N6O2. The summed E-state index contributed by atoms with van der Waals surface area (Å²) in [6, 6.07) is 7.27. The second kappa shape index (κ2) is 9.34. The number of aromatic nitrogens is 3. The van der Waals surface area contributed by atoms with Crippen LogP contribution in [-0.2, 0) is 19.6 Å². The maximum atomic E-state index is 12.4. The van der Waals surface area contributed by atoms with Crippen molar-refractivity contribution in [3.8, 4) is 0 Å². The summed E-state index contributed by atoms with van der Waals surface area (Å²) in [5.74, 6) is 0.855. The van der Waals surface area contributed by atoms with Gasteiger partial charge in [0.25, 0.3) is 5.91 Å². The molecule has 1 N–H and O–H groups in total. The van der Waals surface area contributed by atoms with Crippen LogP contribution in [0.1, 0.15) is 47.9 Å². The minimum Gasteiger partial charge on any atom is -0.339 e. The third kappa shape index (κ3) is 4.88. The molecule has 2 heterocycles. The molecule has 0 aliphatic carbocycles. The lowest BCUT2D eigenvalue weighted by Gasteiger charge is -2.18. The molecule has 1 saturated heterocycles. The summed E-state index contributed by atoms with van der Waals surface area (Å²) in [6.45, 7) is 5.41. The summed E-state index contributed by atoms with van der Waals surface area (Å²) in [5, 5.41) is 10.9. The quantitative estimate of drug-likeness (QED) is 0.794. The van der Waals surface area contributed by atoms with Gasteiger partial charge in [0.1, 0.15) is 6.33 Å².